The molecule has 1 heterocycles. The molecular weight excluding hydrogens is 286 g/mol. The van der Waals surface area contributed by atoms with E-state index < -0.39 is 11.4 Å². The van der Waals surface area contributed by atoms with Crippen LogP contribution in [0, 0.1) is 0 Å². The third-order valence-electron chi connectivity index (χ3n) is 1.45. The van der Waals surface area contributed by atoms with Gasteiger partial charge in [0, 0.05) is 15.4 Å². The Morgan fingerprint density at radius 1 is 1.62 bits per heavy atom. The van der Waals surface area contributed by atoms with Crippen molar-refractivity contribution in [2.75, 3.05) is 0 Å². The molecule has 1 unspecified atom stereocenters. The van der Waals surface area contributed by atoms with Gasteiger partial charge in [0.15, 0.2) is 0 Å². The number of halogens is 4. The van der Waals surface area contributed by atoms with Crippen LogP contribution < -0.4 is 11.3 Å². The monoisotopic (exact) mass is 290 g/mol. The Bertz CT molecular complexity index is 288. The third-order valence-corrected chi connectivity index (χ3v) is 3.42. The average Bonchev–Trinajstić information content (AvgIpc) is 2.35. The molecule has 0 spiro atoms. The summed E-state index contributed by atoms with van der Waals surface area (Å²) in [5.74, 6) is 4.99. The molecule has 0 bridgehead atoms. The predicted octanol–water partition coefficient (Wildman–Crippen LogP) is 2.85. The predicted molar refractivity (Wildman–Crippen MR) is 52.9 cm³/mol. The second kappa shape index (κ2) is 4.18. The van der Waals surface area contributed by atoms with Gasteiger partial charge in [0.1, 0.15) is 6.04 Å². The number of nitrogens with two attached hydrogens (primary N) is 1. The Hall–Kier alpha value is 0.250. The molecule has 0 saturated heterocycles. The standard InChI is InChI=1S/C6H6BrClF2N2S/c7-4-2-13-1-3(4)5(12-11)6(8,9)10/h1-2,5,12H,11H2. The zero-order chi connectivity index (χ0) is 10.1. The van der Waals surface area contributed by atoms with Gasteiger partial charge in [-0.25, -0.2) is 5.43 Å². The van der Waals surface area contributed by atoms with Gasteiger partial charge in [0.2, 0.25) is 0 Å². The van der Waals surface area contributed by atoms with E-state index >= 15 is 0 Å². The van der Waals surface area contributed by atoms with Crippen LogP contribution in [0.2, 0.25) is 0 Å². The summed E-state index contributed by atoms with van der Waals surface area (Å²) in [4.78, 5) is 0. The van der Waals surface area contributed by atoms with Crippen LogP contribution in [0.5, 0.6) is 0 Å². The van der Waals surface area contributed by atoms with E-state index in [4.69, 9.17) is 17.4 Å². The first-order valence-electron chi connectivity index (χ1n) is 3.21. The van der Waals surface area contributed by atoms with Crippen molar-refractivity contribution in [1.82, 2.24) is 5.43 Å². The number of nitrogens with one attached hydrogen (secondary N) is 1. The highest BCUT2D eigenvalue weighted by Crippen LogP contribution is 2.38. The molecule has 0 amide bonds. The molecule has 2 nitrogen and oxygen atoms in total. The largest absolute Gasteiger partial charge is 0.342 e. The van der Waals surface area contributed by atoms with Crippen LogP contribution in [0.1, 0.15) is 11.6 Å². The van der Waals surface area contributed by atoms with Crippen molar-refractivity contribution in [2.45, 2.75) is 11.4 Å². The summed E-state index contributed by atoms with van der Waals surface area (Å²) in [6.07, 6.45) is 0. The minimum Gasteiger partial charge on any atom is -0.271 e. The molecule has 13 heavy (non-hydrogen) atoms. The Labute approximate surface area is 91.2 Å². The van der Waals surface area contributed by atoms with E-state index in [-0.39, 0.29) is 0 Å². The molecule has 0 saturated carbocycles. The van der Waals surface area contributed by atoms with Crippen LogP contribution >= 0.6 is 38.9 Å². The lowest BCUT2D eigenvalue weighted by atomic mass is 10.2. The molecule has 0 aliphatic carbocycles. The number of thiophene rings is 1. The third kappa shape index (κ3) is 2.60. The molecule has 3 N–H and O–H groups in total. The Balaban J connectivity index is 2.98. The maximum absolute atomic E-state index is 12.7. The number of rotatable bonds is 3. The van der Waals surface area contributed by atoms with Gasteiger partial charge in [-0.05, 0) is 32.9 Å². The minimum absolute atomic E-state index is 0.354. The van der Waals surface area contributed by atoms with Crippen LogP contribution in [0.4, 0.5) is 8.78 Å². The number of hydrazine groups is 1. The minimum atomic E-state index is -3.40. The van der Waals surface area contributed by atoms with E-state index in [1.807, 2.05) is 5.43 Å². The molecule has 74 valence electrons. The van der Waals surface area contributed by atoms with Crippen LogP contribution in [0.25, 0.3) is 0 Å². The van der Waals surface area contributed by atoms with E-state index in [9.17, 15) is 8.78 Å². The molecule has 0 radical (unpaired) electrons. The van der Waals surface area contributed by atoms with Gasteiger partial charge in [-0.1, -0.05) is 0 Å². The van der Waals surface area contributed by atoms with Crippen molar-refractivity contribution >= 4 is 38.9 Å². The van der Waals surface area contributed by atoms with Gasteiger partial charge in [-0.2, -0.15) is 20.1 Å². The lowest BCUT2D eigenvalue weighted by molar-refractivity contribution is 0.0497. The molecule has 1 atom stereocenters. The Morgan fingerprint density at radius 2 is 2.23 bits per heavy atom. The summed E-state index contributed by atoms with van der Waals surface area (Å²) in [5, 5.41) is -0.161. The molecule has 0 fully saturated rings. The Morgan fingerprint density at radius 3 is 2.54 bits per heavy atom. The van der Waals surface area contributed by atoms with Crippen molar-refractivity contribution < 1.29 is 8.78 Å². The normalized spacial score (nSPS) is 14.5. The van der Waals surface area contributed by atoms with Crippen molar-refractivity contribution in [3.05, 3.63) is 20.8 Å². The van der Waals surface area contributed by atoms with Crippen LogP contribution in [-0.4, -0.2) is 5.38 Å². The summed E-state index contributed by atoms with van der Waals surface area (Å²) in [5.41, 5.74) is 2.33. The fourth-order valence-corrected chi connectivity index (χ4v) is 2.59. The molecule has 0 aromatic carbocycles. The van der Waals surface area contributed by atoms with Crippen molar-refractivity contribution in [3.63, 3.8) is 0 Å². The zero-order valence-corrected chi connectivity index (χ0v) is 9.39. The Kier molecular flexibility index (Phi) is 3.64. The molecule has 0 aliphatic rings. The fourth-order valence-electron chi connectivity index (χ4n) is 0.858. The summed E-state index contributed by atoms with van der Waals surface area (Å²) >= 11 is 9.29. The average molecular weight is 292 g/mol. The summed E-state index contributed by atoms with van der Waals surface area (Å²) in [6.45, 7) is 0. The smallest absolute Gasteiger partial charge is 0.271 e. The number of hydrogen-bond donors (Lipinski definition) is 2. The number of hydrogen-bond acceptors (Lipinski definition) is 3. The van der Waals surface area contributed by atoms with Gasteiger partial charge in [0.25, 0.3) is 0 Å². The van der Waals surface area contributed by atoms with E-state index in [0.717, 1.165) is 0 Å². The second-order valence-corrected chi connectivity index (χ2v) is 4.42. The quantitative estimate of drug-likeness (QED) is 0.510. The van der Waals surface area contributed by atoms with E-state index in [2.05, 4.69) is 15.9 Å². The topological polar surface area (TPSA) is 38.0 Å². The SMILES string of the molecule is NNC(c1cscc1Br)C(F)(F)Cl. The molecule has 1 aromatic rings. The highest BCUT2D eigenvalue weighted by atomic mass is 79.9. The molecule has 0 aliphatic heterocycles. The van der Waals surface area contributed by atoms with E-state index in [1.165, 1.54) is 11.3 Å². The zero-order valence-electron chi connectivity index (χ0n) is 6.23. The van der Waals surface area contributed by atoms with E-state index in [0.29, 0.717) is 10.0 Å². The van der Waals surface area contributed by atoms with Gasteiger partial charge >= 0.3 is 5.38 Å². The summed E-state index contributed by atoms with van der Waals surface area (Å²) in [7, 11) is 0. The molecule has 7 heteroatoms. The van der Waals surface area contributed by atoms with Gasteiger partial charge in [0.05, 0.1) is 0 Å². The fraction of sp³-hybridized carbons (Fsp3) is 0.333. The second-order valence-electron chi connectivity index (χ2n) is 2.32. The van der Waals surface area contributed by atoms with Crippen molar-refractivity contribution in [1.29, 1.82) is 0 Å². The van der Waals surface area contributed by atoms with Gasteiger partial charge in [-0.15, -0.1) is 0 Å². The molecule has 1 aromatic heterocycles. The van der Waals surface area contributed by atoms with Crippen molar-refractivity contribution in [2.24, 2.45) is 5.84 Å². The van der Waals surface area contributed by atoms with E-state index in [1.54, 1.807) is 10.8 Å². The summed E-state index contributed by atoms with van der Waals surface area (Å²) in [6, 6.07) is -1.38. The first-order chi connectivity index (χ1) is 5.96. The highest BCUT2D eigenvalue weighted by Gasteiger charge is 2.38. The van der Waals surface area contributed by atoms with Crippen molar-refractivity contribution in [3.8, 4) is 0 Å². The van der Waals surface area contributed by atoms with Crippen LogP contribution in [-0.2, 0) is 0 Å². The van der Waals surface area contributed by atoms with Gasteiger partial charge in [-0.3, -0.25) is 5.84 Å². The van der Waals surface area contributed by atoms with Crippen LogP contribution in [0.3, 0.4) is 0 Å². The summed E-state index contributed by atoms with van der Waals surface area (Å²) < 4.78 is 26.0. The lowest BCUT2D eigenvalue weighted by Crippen LogP contribution is -2.37. The van der Waals surface area contributed by atoms with Gasteiger partial charge < -0.3 is 0 Å². The first kappa shape index (κ1) is 11.3. The number of alkyl halides is 3. The molecule has 1 rings (SSSR count). The maximum atomic E-state index is 12.7. The maximum Gasteiger partial charge on any atom is 0.342 e. The highest BCUT2D eigenvalue weighted by molar-refractivity contribution is 9.10. The first-order valence-corrected chi connectivity index (χ1v) is 5.32. The lowest BCUT2D eigenvalue weighted by Gasteiger charge is -2.20. The molecular formula is C6H6BrClF2N2S. The van der Waals surface area contributed by atoms with Crippen LogP contribution in [0.15, 0.2) is 15.2 Å².